The van der Waals surface area contributed by atoms with Crippen LogP contribution >= 0.6 is 0 Å². The van der Waals surface area contributed by atoms with Gasteiger partial charge in [0.1, 0.15) is 23.0 Å². The number of nitriles is 1. The van der Waals surface area contributed by atoms with Crippen molar-refractivity contribution in [2.75, 3.05) is 11.9 Å². The number of aromatic amines is 1. The molecule has 2 aromatic heterocycles. The summed E-state index contributed by atoms with van der Waals surface area (Å²) in [4.78, 5) is 19.6. The van der Waals surface area contributed by atoms with Crippen molar-refractivity contribution in [1.82, 2.24) is 9.97 Å². The van der Waals surface area contributed by atoms with Crippen LogP contribution in [-0.2, 0) is 4.79 Å². The fourth-order valence-corrected chi connectivity index (χ4v) is 2.40. The van der Waals surface area contributed by atoms with E-state index in [4.69, 9.17) is 4.74 Å². The Morgan fingerprint density at radius 1 is 1.36 bits per heavy atom. The molecule has 0 unspecified atom stereocenters. The first-order chi connectivity index (χ1) is 12.2. The van der Waals surface area contributed by atoms with Gasteiger partial charge in [-0.3, -0.25) is 4.79 Å². The van der Waals surface area contributed by atoms with Gasteiger partial charge in [0.25, 0.3) is 5.91 Å². The normalized spacial score (nSPS) is 11.1. The van der Waals surface area contributed by atoms with E-state index in [2.05, 4.69) is 15.3 Å². The molecule has 0 radical (unpaired) electrons. The number of amides is 1. The largest absolute Gasteiger partial charge is 0.494 e. The molecular weight excluding hydrogens is 316 g/mol. The number of carbonyl (C=O) groups excluding carboxylic acids is 1. The Bertz CT molecular complexity index is 965. The molecule has 25 heavy (non-hydrogen) atoms. The quantitative estimate of drug-likeness (QED) is 0.552. The van der Waals surface area contributed by atoms with Crippen LogP contribution in [0.1, 0.15) is 12.5 Å². The Kier molecular flexibility index (Phi) is 4.77. The lowest BCUT2D eigenvalue weighted by molar-refractivity contribution is -0.112. The molecule has 0 atom stereocenters. The second-order valence-electron chi connectivity index (χ2n) is 5.22. The van der Waals surface area contributed by atoms with E-state index in [1.165, 1.54) is 0 Å². The van der Waals surface area contributed by atoms with Crippen LogP contribution in [0.25, 0.3) is 17.1 Å². The summed E-state index contributed by atoms with van der Waals surface area (Å²) in [7, 11) is 0. The molecule has 124 valence electrons. The number of hydrogen-bond acceptors (Lipinski definition) is 4. The van der Waals surface area contributed by atoms with Crippen LogP contribution in [0.2, 0.25) is 0 Å². The number of nitrogens with one attached hydrogen (secondary N) is 2. The second kappa shape index (κ2) is 7.32. The fourth-order valence-electron chi connectivity index (χ4n) is 2.40. The number of carbonyl (C=O) groups is 1. The van der Waals surface area contributed by atoms with Crippen molar-refractivity contribution < 1.29 is 9.53 Å². The van der Waals surface area contributed by atoms with E-state index in [9.17, 15) is 10.1 Å². The van der Waals surface area contributed by atoms with Gasteiger partial charge < -0.3 is 15.0 Å². The predicted octanol–water partition coefficient (Wildman–Crippen LogP) is 3.51. The minimum absolute atomic E-state index is 0.0126. The van der Waals surface area contributed by atoms with Crippen molar-refractivity contribution in [2.45, 2.75) is 6.92 Å². The lowest BCUT2D eigenvalue weighted by atomic mass is 10.1. The first-order valence-electron chi connectivity index (χ1n) is 7.79. The monoisotopic (exact) mass is 332 g/mol. The summed E-state index contributed by atoms with van der Waals surface area (Å²) in [6, 6.07) is 12.6. The average Bonchev–Trinajstić information content (AvgIpc) is 3.04. The summed E-state index contributed by atoms with van der Waals surface area (Å²) in [5.74, 6) is 0.257. The van der Waals surface area contributed by atoms with Crippen LogP contribution in [-0.4, -0.2) is 22.5 Å². The third kappa shape index (κ3) is 3.67. The molecule has 3 rings (SSSR count). The summed E-state index contributed by atoms with van der Waals surface area (Å²) in [6.07, 6.45) is 4.94. The van der Waals surface area contributed by atoms with E-state index in [1.54, 1.807) is 48.8 Å². The molecule has 1 aromatic carbocycles. The maximum atomic E-state index is 12.4. The summed E-state index contributed by atoms with van der Waals surface area (Å²) in [6.45, 7) is 2.48. The fraction of sp³-hybridized carbons (Fsp3) is 0.105. The molecule has 0 aliphatic heterocycles. The number of benzene rings is 1. The van der Waals surface area contributed by atoms with Crippen LogP contribution < -0.4 is 10.1 Å². The summed E-state index contributed by atoms with van der Waals surface area (Å²) in [5, 5.41) is 12.9. The minimum atomic E-state index is -0.468. The molecule has 1 amide bonds. The molecule has 0 saturated carbocycles. The van der Waals surface area contributed by atoms with Gasteiger partial charge in [-0.15, -0.1) is 0 Å². The Labute approximate surface area is 144 Å². The molecule has 0 saturated heterocycles. The number of nitrogens with zero attached hydrogens (tertiary/aromatic N) is 2. The maximum Gasteiger partial charge on any atom is 0.266 e. The van der Waals surface area contributed by atoms with Crippen molar-refractivity contribution in [3.63, 3.8) is 0 Å². The molecular formula is C19H16N4O2. The van der Waals surface area contributed by atoms with Crippen LogP contribution in [0.4, 0.5) is 5.69 Å². The van der Waals surface area contributed by atoms with Crippen molar-refractivity contribution in [1.29, 1.82) is 5.26 Å². The highest BCUT2D eigenvalue weighted by Crippen LogP contribution is 2.20. The number of H-pyrrole nitrogens is 1. The topological polar surface area (TPSA) is 90.8 Å². The van der Waals surface area contributed by atoms with E-state index < -0.39 is 5.91 Å². The number of ether oxygens (including phenoxy) is 1. The molecule has 6 nitrogen and oxygen atoms in total. The Balaban J connectivity index is 1.80. The molecule has 0 spiro atoms. The molecule has 0 fully saturated rings. The van der Waals surface area contributed by atoms with Gasteiger partial charge >= 0.3 is 0 Å². The molecule has 2 heterocycles. The van der Waals surface area contributed by atoms with E-state index in [1.807, 2.05) is 19.1 Å². The lowest BCUT2D eigenvalue weighted by Crippen LogP contribution is -2.13. The number of aromatic nitrogens is 2. The highest BCUT2D eigenvalue weighted by molar-refractivity contribution is 6.10. The molecule has 3 aromatic rings. The number of hydrogen-bond donors (Lipinski definition) is 2. The van der Waals surface area contributed by atoms with Crippen molar-refractivity contribution in [3.05, 3.63) is 59.9 Å². The van der Waals surface area contributed by atoms with E-state index in [0.29, 0.717) is 17.9 Å². The predicted molar refractivity (Wildman–Crippen MR) is 95.9 cm³/mol. The lowest BCUT2D eigenvalue weighted by Gasteiger charge is -2.06. The average molecular weight is 332 g/mol. The van der Waals surface area contributed by atoms with Crippen molar-refractivity contribution in [2.24, 2.45) is 0 Å². The highest BCUT2D eigenvalue weighted by atomic mass is 16.5. The third-order valence-corrected chi connectivity index (χ3v) is 3.57. The molecule has 0 aliphatic rings. The molecule has 6 heteroatoms. The smallest absolute Gasteiger partial charge is 0.266 e. The molecule has 0 bridgehead atoms. The Morgan fingerprint density at radius 2 is 2.16 bits per heavy atom. The zero-order chi connectivity index (χ0) is 17.6. The van der Waals surface area contributed by atoms with Gasteiger partial charge in [-0.1, -0.05) is 0 Å². The number of rotatable bonds is 5. The SMILES string of the molecule is CCOc1ccc(NC(=O)/C(C#N)=C/c2c[nH]c3ncccc23)cc1. The summed E-state index contributed by atoms with van der Waals surface area (Å²) < 4.78 is 5.36. The third-order valence-electron chi connectivity index (χ3n) is 3.57. The van der Waals surface area contributed by atoms with Crippen LogP contribution in [0.15, 0.2) is 54.4 Å². The molecule has 0 aliphatic carbocycles. The maximum absolute atomic E-state index is 12.4. The number of anilines is 1. The summed E-state index contributed by atoms with van der Waals surface area (Å²) >= 11 is 0. The van der Waals surface area contributed by atoms with Gasteiger partial charge in [-0.25, -0.2) is 4.98 Å². The van der Waals surface area contributed by atoms with Crippen LogP contribution in [0.3, 0.4) is 0 Å². The van der Waals surface area contributed by atoms with E-state index in [0.717, 1.165) is 16.7 Å². The highest BCUT2D eigenvalue weighted by Gasteiger charge is 2.11. The van der Waals surface area contributed by atoms with Gasteiger partial charge in [0.2, 0.25) is 0 Å². The van der Waals surface area contributed by atoms with Gasteiger partial charge in [0, 0.05) is 29.0 Å². The van der Waals surface area contributed by atoms with E-state index in [-0.39, 0.29) is 5.57 Å². The van der Waals surface area contributed by atoms with Gasteiger partial charge in [-0.2, -0.15) is 5.26 Å². The van der Waals surface area contributed by atoms with Crippen LogP contribution in [0, 0.1) is 11.3 Å². The zero-order valence-corrected chi connectivity index (χ0v) is 13.6. The minimum Gasteiger partial charge on any atom is -0.494 e. The van der Waals surface area contributed by atoms with Gasteiger partial charge in [-0.05, 0) is 49.4 Å². The zero-order valence-electron chi connectivity index (χ0n) is 13.6. The van der Waals surface area contributed by atoms with Crippen LogP contribution in [0.5, 0.6) is 5.75 Å². The standard InChI is InChI=1S/C19H16N4O2/c1-2-25-16-7-5-15(6-8-16)23-19(24)13(11-20)10-14-12-22-18-17(14)4-3-9-21-18/h3-10,12H,2H2,1H3,(H,21,22)(H,23,24)/b13-10+. The van der Waals surface area contributed by atoms with E-state index >= 15 is 0 Å². The van der Waals surface area contributed by atoms with Crippen molar-refractivity contribution >= 4 is 28.7 Å². The first-order valence-corrected chi connectivity index (χ1v) is 7.79. The number of fused-ring (bicyclic) bond motifs is 1. The summed E-state index contributed by atoms with van der Waals surface area (Å²) in [5.41, 5.74) is 2.05. The Hall–Kier alpha value is -3.59. The van der Waals surface area contributed by atoms with Crippen molar-refractivity contribution in [3.8, 4) is 11.8 Å². The first kappa shape index (κ1) is 16.3. The van der Waals surface area contributed by atoms with Gasteiger partial charge in [0.05, 0.1) is 6.61 Å². The number of pyridine rings is 1. The molecule has 2 N–H and O–H groups in total. The Morgan fingerprint density at radius 3 is 2.88 bits per heavy atom. The van der Waals surface area contributed by atoms with Gasteiger partial charge in [0.15, 0.2) is 0 Å². The second-order valence-corrected chi connectivity index (χ2v) is 5.22.